The van der Waals surface area contributed by atoms with Crippen molar-refractivity contribution in [1.82, 2.24) is 5.32 Å². The molecule has 1 aliphatic heterocycles. The second kappa shape index (κ2) is 4.09. The van der Waals surface area contributed by atoms with Gasteiger partial charge in [0.1, 0.15) is 0 Å². The third-order valence-electron chi connectivity index (χ3n) is 2.25. The molecule has 1 atom stereocenters. The second-order valence-corrected chi connectivity index (χ2v) is 5.77. The Labute approximate surface area is 78.6 Å². The third kappa shape index (κ3) is 3.76. The normalized spacial score (nSPS) is 25.8. The molecule has 76 valence electrons. The lowest BCUT2D eigenvalue weighted by molar-refractivity contribution is -0.118. The lowest BCUT2D eigenvalue weighted by Gasteiger charge is -2.06. The van der Waals surface area contributed by atoms with Crippen LogP contribution in [-0.2, 0) is 14.6 Å². The summed E-state index contributed by atoms with van der Waals surface area (Å²) in [4.78, 5) is 10.5. The molecule has 1 N–H and O–H groups in total. The Morgan fingerprint density at radius 3 is 2.69 bits per heavy atom. The number of carbonyl (C=O) groups excluding carboxylic acids is 1. The van der Waals surface area contributed by atoms with Gasteiger partial charge in [-0.3, -0.25) is 4.79 Å². The van der Waals surface area contributed by atoms with E-state index in [2.05, 4.69) is 5.32 Å². The number of nitrogens with one attached hydrogen (secondary N) is 1. The van der Waals surface area contributed by atoms with E-state index in [9.17, 15) is 13.2 Å². The molecule has 0 saturated carbocycles. The summed E-state index contributed by atoms with van der Waals surface area (Å²) in [5.74, 6) is 0.808. The van der Waals surface area contributed by atoms with Crippen LogP contribution >= 0.6 is 0 Å². The molecule has 1 rings (SSSR count). The zero-order valence-electron chi connectivity index (χ0n) is 7.75. The number of rotatable bonds is 3. The van der Waals surface area contributed by atoms with E-state index in [4.69, 9.17) is 0 Å². The van der Waals surface area contributed by atoms with Crippen molar-refractivity contribution in [2.75, 3.05) is 18.1 Å². The second-order valence-electron chi connectivity index (χ2n) is 3.54. The maximum absolute atomic E-state index is 11.1. The van der Waals surface area contributed by atoms with Crippen LogP contribution < -0.4 is 5.32 Å². The van der Waals surface area contributed by atoms with E-state index in [-0.39, 0.29) is 11.8 Å². The van der Waals surface area contributed by atoms with Crippen molar-refractivity contribution in [3.05, 3.63) is 0 Å². The highest BCUT2D eigenvalue weighted by molar-refractivity contribution is 7.91. The standard InChI is InChI=1S/C8H15NO3S/c1-7(10)9-4-2-8-3-5-13(11,12)6-8/h8H,2-6H2,1H3,(H,9,10). The molecular formula is C8H15NO3S. The van der Waals surface area contributed by atoms with Gasteiger partial charge in [0.25, 0.3) is 0 Å². The molecule has 0 aliphatic carbocycles. The van der Waals surface area contributed by atoms with E-state index >= 15 is 0 Å². The van der Waals surface area contributed by atoms with Crippen LogP contribution in [0.4, 0.5) is 0 Å². The predicted molar refractivity (Wildman–Crippen MR) is 50.1 cm³/mol. The van der Waals surface area contributed by atoms with Crippen molar-refractivity contribution in [2.24, 2.45) is 5.92 Å². The Morgan fingerprint density at radius 2 is 2.23 bits per heavy atom. The summed E-state index contributed by atoms with van der Waals surface area (Å²) in [6.45, 7) is 2.06. The maximum Gasteiger partial charge on any atom is 0.216 e. The highest BCUT2D eigenvalue weighted by Crippen LogP contribution is 2.20. The number of carbonyl (C=O) groups is 1. The van der Waals surface area contributed by atoms with Crippen LogP contribution in [0, 0.1) is 5.92 Å². The van der Waals surface area contributed by atoms with E-state index in [1.54, 1.807) is 0 Å². The number of amides is 1. The van der Waals surface area contributed by atoms with E-state index < -0.39 is 9.84 Å². The summed E-state index contributed by atoms with van der Waals surface area (Å²) in [6, 6.07) is 0. The van der Waals surface area contributed by atoms with Gasteiger partial charge in [0, 0.05) is 13.5 Å². The van der Waals surface area contributed by atoms with Gasteiger partial charge in [0.15, 0.2) is 9.84 Å². The van der Waals surface area contributed by atoms with Gasteiger partial charge >= 0.3 is 0 Å². The van der Waals surface area contributed by atoms with Crippen molar-refractivity contribution in [1.29, 1.82) is 0 Å². The first-order valence-electron chi connectivity index (χ1n) is 4.44. The van der Waals surface area contributed by atoms with Crippen LogP contribution in [0.1, 0.15) is 19.8 Å². The molecule has 5 heteroatoms. The molecule has 1 saturated heterocycles. The van der Waals surface area contributed by atoms with Crippen LogP contribution in [0.2, 0.25) is 0 Å². The minimum atomic E-state index is -2.76. The van der Waals surface area contributed by atoms with Crippen LogP contribution in [-0.4, -0.2) is 32.4 Å². The fourth-order valence-electron chi connectivity index (χ4n) is 1.55. The zero-order valence-corrected chi connectivity index (χ0v) is 8.56. The Kier molecular flexibility index (Phi) is 3.30. The molecule has 0 aromatic carbocycles. The molecule has 1 heterocycles. The van der Waals surface area contributed by atoms with Gasteiger partial charge in [-0.25, -0.2) is 8.42 Å². The Bertz CT molecular complexity index is 284. The Balaban J connectivity index is 2.22. The minimum Gasteiger partial charge on any atom is -0.356 e. The van der Waals surface area contributed by atoms with Crippen molar-refractivity contribution >= 4 is 15.7 Å². The van der Waals surface area contributed by atoms with Gasteiger partial charge < -0.3 is 5.32 Å². The quantitative estimate of drug-likeness (QED) is 0.702. The number of hydrogen-bond donors (Lipinski definition) is 1. The smallest absolute Gasteiger partial charge is 0.216 e. The molecule has 13 heavy (non-hydrogen) atoms. The summed E-state index contributed by atoms with van der Waals surface area (Å²) >= 11 is 0. The van der Waals surface area contributed by atoms with E-state index in [0.717, 1.165) is 12.8 Å². The Hall–Kier alpha value is -0.580. The molecule has 4 nitrogen and oxygen atoms in total. The zero-order chi connectivity index (χ0) is 9.90. The Morgan fingerprint density at radius 1 is 1.54 bits per heavy atom. The van der Waals surface area contributed by atoms with Gasteiger partial charge in [-0.15, -0.1) is 0 Å². The van der Waals surface area contributed by atoms with E-state index in [1.165, 1.54) is 6.92 Å². The van der Waals surface area contributed by atoms with E-state index in [1.807, 2.05) is 0 Å². The average molecular weight is 205 g/mol. The SMILES string of the molecule is CC(=O)NCCC1CCS(=O)(=O)C1. The van der Waals surface area contributed by atoms with Crippen LogP contribution in [0.5, 0.6) is 0 Å². The molecule has 0 aromatic heterocycles. The molecule has 1 aliphatic rings. The summed E-state index contributed by atoms with van der Waals surface area (Å²) in [5.41, 5.74) is 0. The summed E-state index contributed by atoms with van der Waals surface area (Å²) in [7, 11) is -2.76. The highest BCUT2D eigenvalue weighted by atomic mass is 32.2. The largest absolute Gasteiger partial charge is 0.356 e. The van der Waals surface area contributed by atoms with Crippen LogP contribution in [0.25, 0.3) is 0 Å². The third-order valence-corrected chi connectivity index (χ3v) is 4.09. The fourth-order valence-corrected chi connectivity index (χ4v) is 3.46. The average Bonchev–Trinajstić information content (AvgIpc) is 2.29. The molecular weight excluding hydrogens is 190 g/mol. The molecule has 0 radical (unpaired) electrons. The topological polar surface area (TPSA) is 63.2 Å². The van der Waals surface area contributed by atoms with Crippen molar-refractivity contribution in [2.45, 2.75) is 19.8 Å². The summed E-state index contributed by atoms with van der Waals surface area (Å²) < 4.78 is 22.1. The lowest BCUT2D eigenvalue weighted by Crippen LogP contribution is -2.23. The molecule has 0 bridgehead atoms. The molecule has 1 unspecified atom stereocenters. The molecule has 1 amide bonds. The monoisotopic (exact) mass is 205 g/mol. The lowest BCUT2D eigenvalue weighted by atomic mass is 10.1. The highest BCUT2D eigenvalue weighted by Gasteiger charge is 2.27. The van der Waals surface area contributed by atoms with Gasteiger partial charge in [0.2, 0.25) is 5.91 Å². The van der Waals surface area contributed by atoms with Gasteiger partial charge in [-0.1, -0.05) is 0 Å². The first kappa shape index (κ1) is 10.5. The van der Waals surface area contributed by atoms with Crippen molar-refractivity contribution < 1.29 is 13.2 Å². The van der Waals surface area contributed by atoms with Gasteiger partial charge in [0.05, 0.1) is 11.5 Å². The molecule has 0 spiro atoms. The summed E-state index contributed by atoms with van der Waals surface area (Å²) in [6.07, 6.45) is 1.53. The first-order valence-corrected chi connectivity index (χ1v) is 6.26. The number of hydrogen-bond acceptors (Lipinski definition) is 3. The minimum absolute atomic E-state index is 0.0548. The van der Waals surface area contributed by atoms with Gasteiger partial charge in [-0.05, 0) is 18.8 Å². The maximum atomic E-state index is 11.1. The molecule has 1 fully saturated rings. The number of sulfone groups is 1. The summed E-state index contributed by atoms with van der Waals surface area (Å²) in [5, 5.41) is 2.67. The van der Waals surface area contributed by atoms with Crippen LogP contribution in [0.3, 0.4) is 0 Å². The molecule has 0 aromatic rings. The predicted octanol–water partition coefficient (Wildman–Crippen LogP) is -0.0527. The fraction of sp³-hybridized carbons (Fsp3) is 0.875. The van der Waals surface area contributed by atoms with Crippen molar-refractivity contribution in [3.63, 3.8) is 0 Å². The first-order chi connectivity index (χ1) is 5.99. The van der Waals surface area contributed by atoms with Crippen LogP contribution in [0.15, 0.2) is 0 Å². The van der Waals surface area contributed by atoms with E-state index in [0.29, 0.717) is 18.1 Å². The van der Waals surface area contributed by atoms with Gasteiger partial charge in [-0.2, -0.15) is 0 Å². The van der Waals surface area contributed by atoms with Crippen molar-refractivity contribution in [3.8, 4) is 0 Å².